The third kappa shape index (κ3) is 4.95. The number of amides is 2. The van der Waals surface area contributed by atoms with Crippen LogP contribution in [-0.2, 0) is 6.54 Å². The van der Waals surface area contributed by atoms with Crippen LogP contribution in [0.3, 0.4) is 0 Å². The molecule has 5 aromatic rings. The summed E-state index contributed by atoms with van der Waals surface area (Å²) in [5.74, 6) is 1.73. The molecule has 0 aliphatic heterocycles. The van der Waals surface area contributed by atoms with Gasteiger partial charge in [0, 0.05) is 5.69 Å². The molecule has 37 heavy (non-hydrogen) atoms. The van der Waals surface area contributed by atoms with Gasteiger partial charge in [0.25, 0.3) is 5.56 Å². The lowest BCUT2D eigenvalue weighted by Crippen LogP contribution is -2.39. The number of nitrogens with one attached hydrogen (secondary N) is 1. The van der Waals surface area contributed by atoms with E-state index in [9.17, 15) is 9.59 Å². The fraction of sp³-hybridized carbons (Fsp3) is 0.138. The third-order valence-electron chi connectivity index (χ3n) is 6.17. The quantitative estimate of drug-likeness (QED) is 0.310. The van der Waals surface area contributed by atoms with Crippen molar-refractivity contribution in [2.75, 3.05) is 12.4 Å². The summed E-state index contributed by atoms with van der Waals surface area (Å²) in [6, 6.07) is 26.2. The smallest absolute Gasteiger partial charge is 0.322 e. The van der Waals surface area contributed by atoms with Gasteiger partial charge in [-0.3, -0.25) is 9.36 Å². The van der Waals surface area contributed by atoms with E-state index in [-0.39, 0.29) is 18.1 Å². The van der Waals surface area contributed by atoms with E-state index >= 15 is 0 Å². The highest BCUT2D eigenvalue weighted by atomic mass is 16.5. The van der Waals surface area contributed by atoms with Crippen LogP contribution in [0.15, 0.2) is 106 Å². The number of rotatable bonds is 7. The molecule has 0 aliphatic rings. The Morgan fingerprint density at radius 1 is 1.00 bits per heavy atom. The van der Waals surface area contributed by atoms with Crippen molar-refractivity contribution in [1.29, 1.82) is 0 Å². The minimum Gasteiger partial charge on any atom is -0.497 e. The number of urea groups is 1. The zero-order chi connectivity index (χ0) is 25.8. The van der Waals surface area contributed by atoms with Gasteiger partial charge in [-0.15, -0.1) is 0 Å². The zero-order valence-corrected chi connectivity index (χ0v) is 20.5. The minimum atomic E-state index is -0.596. The molecule has 0 aliphatic carbocycles. The van der Waals surface area contributed by atoms with E-state index in [4.69, 9.17) is 14.1 Å². The average Bonchev–Trinajstić information content (AvgIpc) is 3.45. The SMILES string of the molecule is COc1ccc(NC(=O)N(Cc2ccco2)C(C)c2nc3ccccc3c(=O)n2-c2ccccc2)cc1. The Labute approximate surface area is 213 Å². The second-order valence-electron chi connectivity index (χ2n) is 8.51. The summed E-state index contributed by atoms with van der Waals surface area (Å²) in [5.41, 5.74) is 1.64. The number of aromatic nitrogens is 2. The van der Waals surface area contributed by atoms with Crippen molar-refractivity contribution in [3.05, 3.63) is 119 Å². The lowest BCUT2D eigenvalue weighted by molar-refractivity contribution is 0.179. The lowest BCUT2D eigenvalue weighted by atomic mass is 10.2. The van der Waals surface area contributed by atoms with E-state index < -0.39 is 6.04 Å². The number of carbonyl (C=O) groups excluding carboxylic acids is 1. The van der Waals surface area contributed by atoms with Crippen molar-refractivity contribution >= 4 is 22.6 Å². The first-order valence-electron chi connectivity index (χ1n) is 11.9. The maximum atomic E-state index is 13.7. The van der Waals surface area contributed by atoms with Crippen molar-refractivity contribution in [1.82, 2.24) is 14.5 Å². The molecule has 8 heteroatoms. The van der Waals surface area contributed by atoms with E-state index in [0.29, 0.717) is 39.6 Å². The van der Waals surface area contributed by atoms with Gasteiger partial charge in [0.15, 0.2) is 0 Å². The zero-order valence-electron chi connectivity index (χ0n) is 20.5. The summed E-state index contributed by atoms with van der Waals surface area (Å²) in [5, 5.41) is 3.44. The number of furan rings is 1. The van der Waals surface area contributed by atoms with E-state index in [2.05, 4.69) is 5.32 Å². The Bertz CT molecular complexity index is 1560. The highest BCUT2D eigenvalue weighted by Crippen LogP contribution is 2.26. The van der Waals surface area contributed by atoms with Gasteiger partial charge in [0.2, 0.25) is 0 Å². The standard InChI is InChI=1S/C29H26N4O4/c1-20(27-31-26-13-7-6-12-25(26)28(34)33(27)22-9-4-3-5-10-22)32(19-24-11-8-18-37-24)29(35)30-21-14-16-23(36-2)17-15-21/h3-18,20H,19H2,1-2H3,(H,30,35). The summed E-state index contributed by atoms with van der Waals surface area (Å²) in [4.78, 5) is 33.8. The topological polar surface area (TPSA) is 89.6 Å². The first kappa shape index (κ1) is 23.9. The molecule has 2 amide bonds. The largest absolute Gasteiger partial charge is 0.497 e. The first-order valence-corrected chi connectivity index (χ1v) is 11.9. The lowest BCUT2D eigenvalue weighted by Gasteiger charge is -2.30. The molecule has 0 fully saturated rings. The molecule has 0 radical (unpaired) electrons. The maximum absolute atomic E-state index is 13.7. The predicted octanol–water partition coefficient (Wildman–Crippen LogP) is 5.78. The van der Waals surface area contributed by atoms with Crippen LogP contribution in [0.2, 0.25) is 0 Å². The number of hydrogen-bond donors (Lipinski definition) is 1. The number of methoxy groups -OCH3 is 1. The molecular formula is C29H26N4O4. The Morgan fingerprint density at radius 3 is 2.43 bits per heavy atom. The summed E-state index contributed by atoms with van der Waals surface area (Å²) in [6.45, 7) is 2.03. The van der Waals surface area contributed by atoms with Crippen LogP contribution in [0.4, 0.5) is 10.5 Å². The highest BCUT2D eigenvalue weighted by Gasteiger charge is 2.28. The van der Waals surface area contributed by atoms with Gasteiger partial charge in [0.1, 0.15) is 17.3 Å². The molecular weight excluding hydrogens is 468 g/mol. The van der Waals surface area contributed by atoms with Crippen LogP contribution < -0.4 is 15.6 Å². The average molecular weight is 495 g/mol. The molecule has 0 saturated heterocycles. The van der Waals surface area contributed by atoms with Gasteiger partial charge < -0.3 is 19.4 Å². The monoisotopic (exact) mass is 494 g/mol. The number of benzene rings is 3. The van der Waals surface area contributed by atoms with Gasteiger partial charge in [-0.05, 0) is 67.6 Å². The van der Waals surface area contributed by atoms with E-state index in [0.717, 1.165) is 0 Å². The van der Waals surface area contributed by atoms with Crippen molar-refractivity contribution in [2.45, 2.75) is 19.5 Å². The van der Waals surface area contributed by atoms with Gasteiger partial charge in [-0.1, -0.05) is 30.3 Å². The predicted molar refractivity (Wildman–Crippen MR) is 142 cm³/mol. The van der Waals surface area contributed by atoms with Crippen LogP contribution >= 0.6 is 0 Å². The number of carbonyl (C=O) groups is 1. The summed E-state index contributed by atoms with van der Waals surface area (Å²) >= 11 is 0. The number of fused-ring (bicyclic) bond motifs is 1. The fourth-order valence-electron chi connectivity index (χ4n) is 4.22. The second kappa shape index (κ2) is 10.4. The van der Waals surface area contributed by atoms with Crippen molar-refractivity contribution in [2.24, 2.45) is 0 Å². The van der Waals surface area contributed by atoms with Crippen molar-refractivity contribution in [3.8, 4) is 11.4 Å². The van der Waals surface area contributed by atoms with E-state index in [1.54, 1.807) is 71.4 Å². The van der Waals surface area contributed by atoms with Crippen LogP contribution in [0.1, 0.15) is 24.6 Å². The number of para-hydroxylation sites is 2. The van der Waals surface area contributed by atoms with E-state index in [1.165, 1.54) is 0 Å². The highest BCUT2D eigenvalue weighted by molar-refractivity contribution is 5.89. The van der Waals surface area contributed by atoms with Gasteiger partial charge >= 0.3 is 6.03 Å². The molecule has 3 aromatic carbocycles. The third-order valence-corrected chi connectivity index (χ3v) is 6.17. The number of ether oxygens (including phenoxy) is 1. The number of nitrogens with zero attached hydrogens (tertiary/aromatic N) is 3. The van der Waals surface area contributed by atoms with Crippen LogP contribution in [0.25, 0.3) is 16.6 Å². The maximum Gasteiger partial charge on any atom is 0.322 e. The van der Waals surface area contributed by atoms with Gasteiger partial charge in [0.05, 0.1) is 42.5 Å². The molecule has 2 heterocycles. The van der Waals surface area contributed by atoms with Gasteiger partial charge in [-0.2, -0.15) is 0 Å². The molecule has 5 rings (SSSR count). The fourth-order valence-corrected chi connectivity index (χ4v) is 4.22. The van der Waals surface area contributed by atoms with Crippen LogP contribution in [0, 0.1) is 0 Å². The summed E-state index contributed by atoms with van der Waals surface area (Å²) < 4.78 is 12.3. The minimum absolute atomic E-state index is 0.174. The molecule has 8 nitrogen and oxygen atoms in total. The van der Waals surface area contributed by atoms with Crippen LogP contribution in [0.5, 0.6) is 5.75 Å². The number of hydrogen-bond acceptors (Lipinski definition) is 5. The molecule has 1 unspecified atom stereocenters. The molecule has 186 valence electrons. The van der Waals surface area contributed by atoms with Crippen molar-refractivity contribution < 1.29 is 13.9 Å². The summed E-state index contributed by atoms with van der Waals surface area (Å²) in [7, 11) is 1.59. The Hall–Kier alpha value is -4.85. The normalized spacial score (nSPS) is 11.7. The molecule has 0 spiro atoms. The second-order valence-corrected chi connectivity index (χ2v) is 8.51. The molecule has 0 bridgehead atoms. The van der Waals surface area contributed by atoms with Crippen molar-refractivity contribution in [3.63, 3.8) is 0 Å². The first-order chi connectivity index (χ1) is 18.0. The number of anilines is 1. The molecule has 1 atom stereocenters. The van der Waals surface area contributed by atoms with Gasteiger partial charge in [-0.25, -0.2) is 9.78 Å². The molecule has 1 N–H and O–H groups in total. The Balaban J connectivity index is 1.60. The Morgan fingerprint density at radius 2 is 1.73 bits per heavy atom. The molecule has 0 saturated carbocycles. The van der Waals surface area contributed by atoms with Crippen LogP contribution in [-0.4, -0.2) is 27.6 Å². The molecule has 2 aromatic heterocycles. The van der Waals surface area contributed by atoms with E-state index in [1.807, 2.05) is 49.4 Å². The Kier molecular flexibility index (Phi) is 6.72. The summed E-state index contributed by atoms with van der Waals surface area (Å²) in [6.07, 6.45) is 1.56.